The van der Waals surface area contributed by atoms with Crippen molar-refractivity contribution in [1.29, 1.82) is 0 Å². The summed E-state index contributed by atoms with van der Waals surface area (Å²) in [6.07, 6.45) is 0.332. The minimum atomic E-state index is -0.526. The van der Waals surface area contributed by atoms with Crippen LogP contribution in [0.25, 0.3) is 0 Å². The van der Waals surface area contributed by atoms with E-state index in [0.717, 1.165) is 18.8 Å². The van der Waals surface area contributed by atoms with Gasteiger partial charge in [-0.05, 0) is 19.9 Å². The number of nitro benzene ring substituents is 1. The number of aromatic nitrogens is 1. The molecule has 0 bridgehead atoms. The lowest BCUT2D eigenvalue weighted by Crippen LogP contribution is -2.44. The van der Waals surface area contributed by atoms with E-state index in [1.807, 2.05) is 19.2 Å². The number of nitro groups is 1. The molecule has 1 aliphatic heterocycles. The zero-order valence-corrected chi connectivity index (χ0v) is 18.6. The largest absolute Gasteiger partial charge is 0.383 e. The topological polar surface area (TPSA) is 119 Å². The molecule has 1 aromatic carbocycles. The highest BCUT2D eigenvalue weighted by Gasteiger charge is 2.23. The van der Waals surface area contributed by atoms with E-state index in [-0.39, 0.29) is 23.5 Å². The second kappa shape index (κ2) is 10.6. The molecule has 0 spiro atoms. The number of thiazole rings is 1. The third-order valence-electron chi connectivity index (χ3n) is 4.73. The van der Waals surface area contributed by atoms with Gasteiger partial charge in [0.05, 0.1) is 35.0 Å². The van der Waals surface area contributed by atoms with Crippen molar-refractivity contribution < 1.29 is 19.2 Å². The van der Waals surface area contributed by atoms with E-state index in [1.54, 1.807) is 7.11 Å². The standard InChI is InChI=1S/C20H27N5O5S/c1-13-9-24(10-14(2)30-13)11-15-12-31-20(22-15)23-19(26)17-8-16(25(27)28)4-5-18(17)21-6-7-29-3/h4-5,8,12-14,21H,6-7,9-11H2,1-3H3,(H,22,23,26)/t13-,14+. The minimum absolute atomic E-state index is 0.155. The first-order valence-corrected chi connectivity index (χ1v) is 10.9. The Balaban J connectivity index is 1.69. The average Bonchev–Trinajstić information content (AvgIpc) is 3.14. The Labute approximate surface area is 184 Å². The molecule has 10 nitrogen and oxygen atoms in total. The lowest BCUT2D eigenvalue weighted by atomic mass is 10.1. The van der Waals surface area contributed by atoms with E-state index in [0.29, 0.717) is 30.5 Å². The van der Waals surface area contributed by atoms with Gasteiger partial charge in [-0.1, -0.05) is 0 Å². The number of benzene rings is 1. The van der Waals surface area contributed by atoms with Gasteiger partial charge in [0.2, 0.25) is 0 Å². The van der Waals surface area contributed by atoms with Crippen LogP contribution < -0.4 is 10.6 Å². The van der Waals surface area contributed by atoms with Gasteiger partial charge in [-0.2, -0.15) is 0 Å². The van der Waals surface area contributed by atoms with Crippen molar-refractivity contribution in [3.05, 3.63) is 45.0 Å². The number of rotatable bonds is 9. The first-order chi connectivity index (χ1) is 14.9. The molecule has 2 aromatic rings. The van der Waals surface area contributed by atoms with Gasteiger partial charge in [-0.25, -0.2) is 4.98 Å². The molecule has 1 fully saturated rings. The van der Waals surface area contributed by atoms with Gasteiger partial charge in [-0.3, -0.25) is 25.1 Å². The number of hydrogen-bond donors (Lipinski definition) is 2. The van der Waals surface area contributed by atoms with Crippen molar-refractivity contribution in [3.8, 4) is 0 Å². The number of methoxy groups -OCH3 is 1. The van der Waals surface area contributed by atoms with Crippen molar-refractivity contribution in [3.63, 3.8) is 0 Å². The number of carbonyl (C=O) groups is 1. The summed E-state index contributed by atoms with van der Waals surface area (Å²) in [5.41, 5.74) is 1.38. The van der Waals surface area contributed by atoms with Crippen LogP contribution in [-0.2, 0) is 16.0 Å². The minimum Gasteiger partial charge on any atom is -0.383 e. The Morgan fingerprint density at radius 3 is 2.81 bits per heavy atom. The molecule has 2 N–H and O–H groups in total. The Kier molecular flexibility index (Phi) is 7.91. The lowest BCUT2D eigenvalue weighted by molar-refractivity contribution is -0.384. The molecular weight excluding hydrogens is 422 g/mol. The Morgan fingerprint density at radius 1 is 1.39 bits per heavy atom. The normalized spacial score (nSPS) is 19.2. The molecule has 0 unspecified atom stereocenters. The number of hydrogen-bond acceptors (Lipinski definition) is 9. The quantitative estimate of drug-likeness (QED) is 0.341. The molecule has 0 radical (unpaired) electrons. The maximum Gasteiger partial charge on any atom is 0.270 e. The molecule has 1 amide bonds. The number of nitrogens with one attached hydrogen (secondary N) is 2. The van der Waals surface area contributed by atoms with Crippen LogP contribution in [0.4, 0.5) is 16.5 Å². The predicted octanol–water partition coefficient (Wildman–Crippen LogP) is 2.97. The zero-order chi connectivity index (χ0) is 22.4. The molecule has 0 saturated carbocycles. The Morgan fingerprint density at radius 2 is 2.13 bits per heavy atom. The lowest BCUT2D eigenvalue weighted by Gasteiger charge is -2.34. The average molecular weight is 450 g/mol. The smallest absolute Gasteiger partial charge is 0.270 e. The highest BCUT2D eigenvalue weighted by atomic mass is 32.1. The van der Waals surface area contributed by atoms with Crippen molar-refractivity contribution in [2.24, 2.45) is 0 Å². The van der Waals surface area contributed by atoms with Crippen molar-refractivity contribution >= 4 is 33.8 Å². The van der Waals surface area contributed by atoms with Gasteiger partial charge in [0.25, 0.3) is 11.6 Å². The number of morpholine rings is 1. The van der Waals surface area contributed by atoms with Gasteiger partial charge in [0.1, 0.15) is 0 Å². The van der Waals surface area contributed by atoms with Gasteiger partial charge < -0.3 is 14.8 Å². The van der Waals surface area contributed by atoms with E-state index in [2.05, 4.69) is 20.5 Å². The number of non-ortho nitro benzene ring substituents is 1. The second-order valence-corrected chi connectivity index (χ2v) is 8.31. The summed E-state index contributed by atoms with van der Waals surface area (Å²) in [5, 5.41) is 19.3. The van der Waals surface area contributed by atoms with Crippen molar-refractivity contribution in [2.45, 2.75) is 32.6 Å². The summed E-state index contributed by atoms with van der Waals surface area (Å²) < 4.78 is 10.8. The third kappa shape index (κ3) is 6.44. The van der Waals surface area contributed by atoms with E-state index in [1.165, 1.54) is 29.5 Å². The molecule has 1 saturated heterocycles. The SMILES string of the molecule is COCCNc1ccc([N+](=O)[O-])cc1C(=O)Nc1nc(CN2C[C@@H](C)O[C@@H](C)C2)cs1. The summed E-state index contributed by atoms with van der Waals surface area (Å²) in [4.78, 5) is 30.3. The molecule has 1 aromatic heterocycles. The molecule has 11 heteroatoms. The molecule has 31 heavy (non-hydrogen) atoms. The summed E-state index contributed by atoms with van der Waals surface area (Å²) >= 11 is 1.33. The van der Waals surface area contributed by atoms with Crippen LogP contribution in [0.2, 0.25) is 0 Å². The first-order valence-electron chi connectivity index (χ1n) is 10.0. The fraction of sp³-hybridized carbons (Fsp3) is 0.500. The second-order valence-electron chi connectivity index (χ2n) is 7.46. The Bertz CT molecular complexity index is 911. The van der Waals surface area contributed by atoms with E-state index in [4.69, 9.17) is 9.47 Å². The fourth-order valence-corrected chi connectivity index (χ4v) is 4.22. The van der Waals surface area contributed by atoms with Crippen molar-refractivity contribution in [1.82, 2.24) is 9.88 Å². The molecule has 0 aliphatic carbocycles. The number of nitrogens with zero attached hydrogens (tertiary/aromatic N) is 3. The molecule has 2 heterocycles. The van der Waals surface area contributed by atoms with Gasteiger partial charge in [0, 0.05) is 56.5 Å². The van der Waals surface area contributed by atoms with Crippen LogP contribution in [0.15, 0.2) is 23.6 Å². The third-order valence-corrected chi connectivity index (χ3v) is 5.54. The number of amides is 1. The van der Waals surface area contributed by atoms with E-state index >= 15 is 0 Å². The molecule has 1 aliphatic rings. The Hall–Kier alpha value is -2.60. The van der Waals surface area contributed by atoms with Crippen LogP contribution in [0.3, 0.4) is 0 Å². The van der Waals surface area contributed by atoms with Crippen LogP contribution >= 0.6 is 11.3 Å². The summed E-state index contributed by atoms with van der Waals surface area (Å²) in [7, 11) is 1.57. The number of anilines is 2. The zero-order valence-electron chi connectivity index (χ0n) is 17.8. The summed E-state index contributed by atoms with van der Waals surface area (Å²) in [6.45, 7) is 7.32. The van der Waals surface area contributed by atoms with Crippen LogP contribution in [0.5, 0.6) is 0 Å². The maximum absolute atomic E-state index is 12.9. The predicted molar refractivity (Wildman–Crippen MR) is 119 cm³/mol. The van der Waals surface area contributed by atoms with Gasteiger partial charge >= 0.3 is 0 Å². The monoisotopic (exact) mass is 449 g/mol. The van der Waals surface area contributed by atoms with Crippen LogP contribution in [0, 0.1) is 10.1 Å². The van der Waals surface area contributed by atoms with E-state index < -0.39 is 10.8 Å². The van der Waals surface area contributed by atoms with E-state index in [9.17, 15) is 14.9 Å². The fourth-order valence-electron chi connectivity index (χ4n) is 3.52. The van der Waals surface area contributed by atoms with Crippen molar-refractivity contribution in [2.75, 3.05) is 44.0 Å². The highest BCUT2D eigenvalue weighted by Crippen LogP contribution is 2.25. The first kappa shape index (κ1) is 23.1. The molecule has 168 valence electrons. The molecule has 2 atom stereocenters. The maximum atomic E-state index is 12.9. The van der Waals surface area contributed by atoms with Crippen LogP contribution in [0.1, 0.15) is 29.9 Å². The van der Waals surface area contributed by atoms with Gasteiger partial charge in [0.15, 0.2) is 5.13 Å². The summed E-state index contributed by atoms with van der Waals surface area (Å²) in [5.74, 6) is -0.460. The highest BCUT2D eigenvalue weighted by molar-refractivity contribution is 7.14. The molecule has 3 rings (SSSR count). The summed E-state index contributed by atoms with van der Waals surface area (Å²) in [6, 6.07) is 4.14. The molecular formula is C20H27N5O5S. The van der Waals surface area contributed by atoms with Crippen LogP contribution in [-0.4, -0.2) is 66.3 Å². The van der Waals surface area contributed by atoms with Gasteiger partial charge in [-0.15, -0.1) is 11.3 Å². The number of ether oxygens (including phenoxy) is 2. The number of carbonyl (C=O) groups excluding carboxylic acids is 1.